The molecule has 4 nitrogen and oxygen atoms in total. The fourth-order valence-electron chi connectivity index (χ4n) is 2.03. The third-order valence-electron chi connectivity index (χ3n) is 2.85. The Kier molecular flexibility index (Phi) is 3.02. The summed E-state index contributed by atoms with van der Waals surface area (Å²) in [6, 6.07) is 4.15. The summed E-state index contributed by atoms with van der Waals surface area (Å²) in [7, 11) is 0. The van der Waals surface area contributed by atoms with Crippen molar-refractivity contribution < 1.29 is 0 Å². The average Bonchev–Trinajstić information content (AvgIpc) is 2.94. The summed E-state index contributed by atoms with van der Waals surface area (Å²) in [5.74, 6) is 1.01. The molecule has 3 heterocycles. The molecule has 0 radical (unpaired) electrons. The van der Waals surface area contributed by atoms with Crippen LogP contribution in [-0.4, -0.2) is 36.1 Å². The molecule has 1 fully saturated rings. The van der Waals surface area contributed by atoms with Gasteiger partial charge in [0, 0.05) is 38.6 Å². The molecule has 5 heteroatoms. The number of aromatic nitrogens is 2. The zero-order chi connectivity index (χ0) is 11.5. The van der Waals surface area contributed by atoms with E-state index in [1.165, 1.54) is 4.88 Å². The summed E-state index contributed by atoms with van der Waals surface area (Å²) < 4.78 is 0. The van der Waals surface area contributed by atoms with E-state index in [4.69, 9.17) is 0 Å². The van der Waals surface area contributed by atoms with Crippen molar-refractivity contribution in [2.45, 2.75) is 0 Å². The number of nitrogens with zero attached hydrogens (tertiary/aromatic N) is 3. The summed E-state index contributed by atoms with van der Waals surface area (Å²) in [5, 5.41) is 5.43. The van der Waals surface area contributed by atoms with Gasteiger partial charge in [0.2, 0.25) is 0 Å². The molecular weight excluding hydrogens is 232 g/mol. The molecule has 1 aliphatic heterocycles. The molecule has 0 aromatic carbocycles. The predicted molar refractivity (Wildman–Crippen MR) is 70.4 cm³/mol. The van der Waals surface area contributed by atoms with Crippen molar-refractivity contribution in [2.24, 2.45) is 0 Å². The highest BCUT2D eigenvalue weighted by Gasteiger charge is 2.17. The van der Waals surface area contributed by atoms with Gasteiger partial charge >= 0.3 is 0 Å². The van der Waals surface area contributed by atoms with Gasteiger partial charge in [0.15, 0.2) is 5.82 Å². The Morgan fingerprint density at radius 1 is 1.18 bits per heavy atom. The fraction of sp³-hybridized carbons (Fsp3) is 0.333. The van der Waals surface area contributed by atoms with Crippen molar-refractivity contribution in [3.8, 4) is 10.6 Å². The molecule has 1 N–H and O–H groups in total. The monoisotopic (exact) mass is 246 g/mol. The molecule has 17 heavy (non-hydrogen) atoms. The highest BCUT2D eigenvalue weighted by atomic mass is 32.1. The molecule has 0 unspecified atom stereocenters. The van der Waals surface area contributed by atoms with Gasteiger partial charge in [-0.15, -0.1) is 11.3 Å². The van der Waals surface area contributed by atoms with Crippen molar-refractivity contribution in [2.75, 3.05) is 31.1 Å². The summed E-state index contributed by atoms with van der Waals surface area (Å²) in [4.78, 5) is 12.5. The lowest BCUT2D eigenvalue weighted by molar-refractivity contribution is 0.585. The van der Waals surface area contributed by atoms with Crippen molar-refractivity contribution in [3.63, 3.8) is 0 Å². The zero-order valence-corrected chi connectivity index (χ0v) is 10.3. The lowest BCUT2D eigenvalue weighted by atomic mass is 10.3. The van der Waals surface area contributed by atoms with E-state index in [0.29, 0.717) is 0 Å². The second-order valence-corrected chi connectivity index (χ2v) is 4.89. The molecular formula is C12H14N4S. The van der Waals surface area contributed by atoms with E-state index in [0.717, 1.165) is 37.7 Å². The molecule has 3 rings (SSSR count). The standard InChI is InChI=1S/C12H14N4S/c1-2-10(17-9-1)11-12(15-4-3-14-11)16-7-5-13-6-8-16/h1-4,9,13H,5-8H2. The van der Waals surface area contributed by atoms with E-state index in [-0.39, 0.29) is 0 Å². The van der Waals surface area contributed by atoms with Crippen LogP contribution in [0.5, 0.6) is 0 Å². The smallest absolute Gasteiger partial charge is 0.156 e. The molecule has 1 saturated heterocycles. The quantitative estimate of drug-likeness (QED) is 0.874. The van der Waals surface area contributed by atoms with Gasteiger partial charge in [-0.2, -0.15) is 0 Å². The first-order valence-electron chi connectivity index (χ1n) is 5.76. The maximum absolute atomic E-state index is 4.50. The fourth-order valence-corrected chi connectivity index (χ4v) is 2.74. The molecule has 0 aliphatic carbocycles. The van der Waals surface area contributed by atoms with Gasteiger partial charge in [0.05, 0.1) is 4.88 Å². The van der Waals surface area contributed by atoms with Gasteiger partial charge in [0.1, 0.15) is 5.69 Å². The van der Waals surface area contributed by atoms with Gasteiger partial charge in [0.25, 0.3) is 0 Å². The Morgan fingerprint density at radius 2 is 2.00 bits per heavy atom. The Hall–Kier alpha value is -1.46. The Bertz CT molecular complexity index is 477. The minimum atomic E-state index is 0.997. The van der Waals surface area contributed by atoms with Gasteiger partial charge in [-0.05, 0) is 11.4 Å². The minimum Gasteiger partial charge on any atom is -0.352 e. The summed E-state index contributed by atoms with van der Waals surface area (Å²) in [6.45, 7) is 4.02. The number of piperazine rings is 1. The highest BCUT2D eigenvalue weighted by Crippen LogP contribution is 2.29. The van der Waals surface area contributed by atoms with Gasteiger partial charge in [-0.1, -0.05) is 6.07 Å². The van der Waals surface area contributed by atoms with Crippen LogP contribution in [-0.2, 0) is 0 Å². The number of hydrogen-bond acceptors (Lipinski definition) is 5. The van der Waals surface area contributed by atoms with E-state index in [1.807, 2.05) is 0 Å². The molecule has 0 bridgehead atoms. The summed E-state index contributed by atoms with van der Waals surface area (Å²) in [6.07, 6.45) is 3.54. The molecule has 0 spiro atoms. The van der Waals surface area contributed by atoms with E-state index in [1.54, 1.807) is 23.7 Å². The van der Waals surface area contributed by atoms with E-state index < -0.39 is 0 Å². The SMILES string of the molecule is c1csc(-c2nccnc2N2CCNCC2)c1. The lowest BCUT2D eigenvalue weighted by Gasteiger charge is -2.29. The van der Waals surface area contributed by atoms with Crippen LogP contribution in [0.15, 0.2) is 29.9 Å². The average molecular weight is 246 g/mol. The topological polar surface area (TPSA) is 41.1 Å². The first-order chi connectivity index (χ1) is 8.45. The molecule has 2 aromatic heterocycles. The minimum absolute atomic E-state index is 0.997. The van der Waals surface area contributed by atoms with Crippen LogP contribution in [0.3, 0.4) is 0 Å². The number of rotatable bonds is 2. The van der Waals surface area contributed by atoms with Crippen molar-refractivity contribution in [1.29, 1.82) is 0 Å². The summed E-state index contributed by atoms with van der Waals surface area (Å²) >= 11 is 1.71. The maximum Gasteiger partial charge on any atom is 0.156 e. The second-order valence-electron chi connectivity index (χ2n) is 3.94. The van der Waals surface area contributed by atoms with E-state index in [2.05, 4.69) is 37.7 Å². The van der Waals surface area contributed by atoms with Crippen LogP contribution < -0.4 is 10.2 Å². The third kappa shape index (κ3) is 2.16. The van der Waals surface area contributed by atoms with Crippen molar-refractivity contribution in [3.05, 3.63) is 29.9 Å². The van der Waals surface area contributed by atoms with Crippen LogP contribution in [0.25, 0.3) is 10.6 Å². The zero-order valence-electron chi connectivity index (χ0n) is 9.47. The van der Waals surface area contributed by atoms with Crippen molar-refractivity contribution >= 4 is 17.2 Å². The Balaban J connectivity index is 1.98. The number of hydrogen-bond donors (Lipinski definition) is 1. The van der Waals surface area contributed by atoms with Gasteiger partial charge in [-0.25, -0.2) is 9.97 Å². The molecule has 0 amide bonds. The molecule has 1 aliphatic rings. The van der Waals surface area contributed by atoms with Crippen LogP contribution in [0, 0.1) is 0 Å². The molecule has 0 saturated carbocycles. The van der Waals surface area contributed by atoms with Gasteiger partial charge < -0.3 is 10.2 Å². The van der Waals surface area contributed by atoms with Gasteiger partial charge in [-0.3, -0.25) is 0 Å². The molecule has 2 aromatic rings. The third-order valence-corrected chi connectivity index (χ3v) is 3.73. The van der Waals surface area contributed by atoms with E-state index in [9.17, 15) is 0 Å². The highest BCUT2D eigenvalue weighted by molar-refractivity contribution is 7.13. The Morgan fingerprint density at radius 3 is 2.76 bits per heavy atom. The summed E-state index contributed by atoms with van der Waals surface area (Å²) in [5.41, 5.74) is 1.00. The normalized spacial score (nSPS) is 16.1. The largest absolute Gasteiger partial charge is 0.352 e. The lowest BCUT2D eigenvalue weighted by Crippen LogP contribution is -2.44. The molecule has 0 atom stereocenters. The number of anilines is 1. The van der Waals surface area contributed by atoms with Crippen LogP contribution in [0.2, 0.25) is 0 Å². The first kappa shape index (κ1) is 10.7. The second kappa shape index (κ2) is 4.81. The van der Waals surface area contributed by atoms with Crippen molar-refractivity contribution in [1.82, 2.24) is 15.3 Å². The number of thiophene rings is 1. The van der Waals surface area contributed by atoms with E-state index >= 15 is 0 Å². The van der Waals surface area contributed by atoms with Crippen LogP contribution in [0.1, 0.15) is 0 Å². The maximum atomic E-state index is 4.50. The van der Waals surface area contributed by atoms with Crippen LogP contribution in [0.4, 0.5) is 5.82 Å². The number of nitrogens with one attached hydrogen (secondary N) is 1. The Labute approximate surface area is 104 Å². The predicted octanol–water partition coefficient (Wildman–Crippen LogP) is 1.61. The van der Waals surface area contributed by atoms with Crippen LogP contribution >= 0.6 is 11.3 Å². The first-order valence-corrected chi connectivity index (χ1v) is 6.63. The molecule has 88 valence electrons.